The molecule has 0 heterocycles. The minimum absolute atomic E-state index is 0.117. The maximum absolute atomic E-state index is 12.9. The van der Waals surface area contributed by atoms with Gasteiger partial charge in [0.05, 0.1) is 6.61 Å². The lowest BCUT2D eigenvalue weighted by atomic mass is 10.0. The Labute approximate surface area is 199 Å². The van der Waals surface area contributed by atoms with Crippen LogP contribution in [0, 0.1) is 13.8 Å². The fourth-order valence-electron chi connectivity index (χ4n) is 3.37. The molecule has 0 aliphatic rings. The van der Waals surface area contributed by atoms with Gasteiger partial charge in [0.25, 0.3) is 0 Å². The Hall–Kier alpha value is -3.93. The zero-order valence-corrected chi connectivity index (χ0v) is 19.7. The molecule has 0 aliphatic carbocycles. The predicted molar refractivity (Wildman–Crippen MR) is 132 cm³/mol. The molecule has 6 heteroatoms. The third-order valence-corrected chi connectivity index (χ3v) is 5.45. The van der Waals surface area contributed by atoms with Crippen LogP contribution in [0.25, 0.3) is 0 Å². The van der Waals surface area contributed by atoms with Crippen LogP contribution in [0.4, 0.5) is 5.69 Å². The third kappa shape index (κ3) is 6.78. The standard InChI is InChI=1S/C28H29NO5/c1-4-33-24-14-12-23(13-15-24)29-25(17-26(30)21-8-6-5-7-9-21)28(32)34-18-27(31)22-11-10-19(2)20(3)16-22/h5-16,25,29H,4,17-18H2,1-3H3/t25-/m1/s1. The van der Waals surface area contributed by atoms with E-state index in [1.54, 1.807) is 60.7 Å². The smallest absolute Gasteiger partial charge is 0.329 e. The van der Waals surface area contributed by atoms with Crippen LogP contribution in [0.2, 0.25) is 0 Å². The first-order chi connectivity index (χ1) is 16.4. The van der Waals surface area contributed by atoms with Gasteiger partial charge in [0.1, 0.15) is 11.8 Å². The highest BCUT2D eigenvalue weighted by Gasteiger charge is 2.25. The molecule has 0 amide bonds. The molecule has 3 aromatic carbocycles. The molecule has 0 aromatic heterocycles. The molecule has 3 rings (SSSR count). The highest BCUT2D eigenvalue weighted by atomic mass is 16.5. The van der Waals surface area contributed by atoms with Crippen LogP contribution in [0.5, 0.6) is 5.75 Å². The van der Waals surface area contributed by atoms with Crippen molar-refractivity contribution in [3.05, 3.63) is 95.1 Å². The van der Waals surface area contributed by atoms with Crippen molar-refractivity contribution < 1.29 is 23.9 Å². The maximum atomic E-state index is 12.9. The Morgan fingerprint density at radius 1 is 0.824 bits per heavy atom. The van der Waals surface area contributed by atoms with Gasteiger partial charge in [-0.2, -0.15) is 0 Å². The van der Waals surface area contributed by atoms with Crippen molar-refractivity contribution >= 4 is 23.2 Å². The fourth-order valence-corrected chi connectivity index (χ4v) is 3.37. The van der Waals surface area contributed by atoms with Crippen molar-refractivity contribution in [3.63, 3.8) is 0 Å². The summed E-state index contributed by atoms with van der Waals surface area (Å²) in [6.45, 7) is 5.92. The number of nitrogens with one attached hydrogen (secondary N) is 1. The minimum atomic E-state index is -0.960. The summed E-state index contributed by atoms with van der Waals surface area (Å²) in [7, 11) is 0. The fraction of sp³-hybridized carbons (Fsp3) is 0.250. The SMILES string of the molecule is CCOc1ccc(N[C@H](CC(=O)c2ccccc2)C(=O)OCC(=O)c2ccc(C)c(C)c2)cc1. The summed E-state index contributed by atoms with van der Waals surface area (Å²) in [5.41, 5.74) is 3.67. The number of anilines is 1. The van der Waals surface area contributed by atoms with E-state index in [4.69, 9.17) is 9.47 Å². The van der Waals surface area contributed by atoms with Crippen LogP contribution in [0.3, 0.4) is 0 Å². The van der Waals surface area contributed by atoms with Gasteiger partial charge in [-0.05, 0) is 62.2 Å². The van der Waals surface area contributed by atoms with Crippen LogP contribution in [-0.4, -0.2) is 36.8 Å². The lowest BCUT2D eigenvalue weighted by Crippen LogP contribution is -2.34. The van der Waals surface area contributed by atoms with Gasteiger partial charge in [0.15, 0.2) is 18.2 Å². The monoisotopic (exact) mass is 459 g/mol. The van der Waals surface area contributed by atoms with E-state index in [1.165, 1.54) is 0 Å². The summed E-state index contributed by atoms with van der Waals surface area (Å²) >= 11 is 0. The molecule has 0 saturated heterocycles. The van der Waals surface area contributed by atoms with Crippen molar-refractivity contribution in [2.75, 3.05) is 18.5 Å². The van der Waals surface area contributed by atoms with E-state index in [-0.39, 0.29) is 18.0 Å². The van der Waals surface area contributed by atoms with E-state index in [1.807, 2.05) is 32.9 Å². The number of carbonyl (C=O) groups is 3. The zero-order chi connectivity index (χ0) is 24.5. The first kappa shape index (κ1) is 24.7. The van der Waals surface area contributed by atoms with E-state index >= 15 is 0 Å². The summed E-state index contributed by atoms with van der Waals surface area (Å²) in [5.74, 6) is -0.478. The Balaban J connectivity index is 1.71. The van der Waals surface area contributed by atoms with Gasteiger partial charge in [0, 0.05) is 23.2 Å². The summed E-state index contributed by atoms with van der Waals surface area (Å²) in [6.07, 6.45) is -0.117. The molecule has 0 saturated carbocycles. The van der Waals surface area contributed by atoms with Gasteiger partial charge >= 0.3 is 5.97 Å². The molecule has 0 fully saturated rings. The molecule has 0 unspecified atom stereocenters. The van der Waals surface area contributed by atoms with Crippen LogP contribution >= 0.6 is 0 Å². The maximum Gasteiger partial charge on any atom is 0.329 e. The number of hydrogen-bond donors (Lipinski definition) is 1. The molecule has 1 atom stereocenters. The van der Waals surface area contributed by atoms with Gasteiger partial charge in [-0.25, -0.2) is 4.79 Å². The lowest BCUT2D eigenvalue weighted by Gasteiger charge is -2.18. The molecule has 1 N–H and O–H groups in total. The van der Waals surface area contributed by atoms with Crippen molar-refractivity contribution in [1.82, 2.24) is 0 Å². The first-order valence-electron chi connectivity index (χ1n) is 11.2. The van der Waals surface area contributed by atoms with Crippen LogP contribution in [0.15, 0.2) is 72.8 Å². The number of ether oxygens (including phenoxy) is 2. The van der Waals surface area contributed by atoms with Crippen molar-refractivity contribution in [1.29, 1.82) is 0 Å². The number of Topliss-reactive ketones (excluding diaryl/α,β-unsaturated/α-hetero) is 2. The minimum Gasteiger partial charge on any atom is -0.494 e. The van der Waals surface area contributed by atoms with Crippen molar-refractivity contribution in [2.45, 2.75) is 33.2 Å². The topological polar surface area (TPSA) is 81.7 Å². The van der Waals surface area contributed by atoms with E-state index < -0.39 is 18.6 Å². The largest absolute Gasteiger partial charge is 0.494 e. The van der Waals surface area contributed by atoms with E-state index in [9.17, 15) is 14.4 Å². The van der Waals surface area contributed by atoms with Gasteiger partial charge in [0.2, 0.25) is 0 Å². The molecule has 3 aromatic rings. The van der Waals surface area contributed by atoms with Crippen LogP contribution in [-0.2, 0) is 9.53 Å². The summed E-state index contributed by atoms with van der Waals surface area (Å²) < 4.78 is 10.8. The number of carbonyl (C=O) groups excluding carboxylic acids is 3. The van der Waals surface area contributed by atoms with E-state index in [0.29, 0.717) is 29.2 Å². The second-order valence-electron chi connectivity index (χ2n) is 7.98. The third-order valence-electron chi connectivity index (χ3n) is 5.45. The molecule has 176 valence electrons. The highest BCUT2D eigenvalue weighted by Crippen LogP contribution is 2.19. The summed E-state index contributed by atoms with van der Waals surface area (Å²) in [5, 5.41) is 3.07. The van der Waals surface area contributed by atoms with Crippen molar-refractivity contribution in [2.24, 2.45) is 0 Å². The molecule has 0 aliphatic heterocycles. The molecule has 34 heavy (non-hydrogen) atoms. The summed E-state index contributed by atoms with van der Waals surface area (Å²) in [6, 6.07) is 20.2. The normalized spacial score (nSPS) is 11.4. The Kier molecular flexibility index (Phi) is 8.57. The van der Waals surface area contributed by atoms with Gasteiger partial charge in [-0.3, -0.25) is 9.59 Å². The molecule has 0 spiro atoms. The number of rotatable bonds is 11. The van der Waals surface area contributed by atoms with E-state index in [0.717, 1.165) is 11.1 Å². The second kappa shape index (κ2) is 11.8. The van der Waals surface area contributed by atoms with Gasteiger partial charge in [-0.1, -0.05) is 42.5 Å². The highest BCUT2D eigenvalue weighted by molar-refractivity contribution is 6.01. The Morgan fingerprint density at radius 2 is 1.53 bits per heavy atom. The number of ketones is 2. The Morgan fingerprint density at radius 3 is 2.18 bits per heavy atom. The van der Waals surface area contributed by atoms with Crippen LogP contribution < -0.4 is 10.1 Å². The summed E-state index contributed by atoms with van der Waals surface area (Å²) in [4.78, 5) is 38.3. The number of benzene rings is 3. The quantitative estimate of drug-likeness (QED) is 0.314. The van der Waals surface area contributed by atoms with Gasteiger partial charge < -0.3 is 14.8 Å². The first-order valence-corrected chi connectivity index (χ1v) is 11.2. The molecular weight excluding hydrogens is 430 g/mol. The average Bonchev–Trinajstić information content (AvgIpc) is 2.85. The molecular formula is C28H29NO5. The molecule has 0 bridgehead atoms. The Bertz CT molecular complexity index is 1140. The number of esters is 1. The lowest BCUT2D eigenvalue weighted by molar-refractivity contribution is -0.143. The number of hydrogen-bond acceptors (Lipinski definition) is 6. The molecule has 0 radical (unpaired) electrons. The van der Waals surface area contributed by atoms with E-state index in [2.05, 4.69) is 5.32 Å². The van der Waals surface area contributed by atoms with Crippen molar-refractivity contribution in [3.8, 4) is 5.75 Å². The molecule has 6 nitrogen and oxygen atoms in total. The van der Waals surface area contributed by atoms with Crippen LogP contribution in [0.1, 0.15) is 45.2 Å². The average molecular weight is 460 g/mol. The second-order valence-corrected chi connectivity index (χ2v) is 7.98. The predicted octanol–water partition coefficient (Wildman–Crippen LogP) is 5.18. The number of aryl methyl sites for hydroxylation is 2. The zero-order valence-electron chi connectivity index (χ0n) is 19.7. The van der Waals surface area contributed by atoms with Gasteiger partial charge in [-0.15, -0.1) is 0 Å².